The van der Waals surface area contributed by atoms with E-state index in [0.29, 0.717) is 17.2 Å². The summed E-state index contributed by atoms with van der Waals surface area (Å²) in [5.41, 5.74) is 18.4. The second-order valence-electron chi connectivity index (χ2n) is 7.22. The second-order valence-corrected chi connectivity index (χ2v) is 7.22. The molecule has 4 rings (SSSR count). The zero-order valence-electron chi connectivity index (χ0n) is 13.8. The number of hydrogen-bond acceptors (Lipinski definition) is 6. The number of rotatable bonds is 2. The van der Waals surface area contributed by atoms with Gasteiger partial charge >= 0.3 is 0 Å². The molecule has 0 amide bonds. The first-order valence-electron chi connectivity index (χ1n) is 8.77. The van der Waals surface area contributed by atoms with Gasteiger partial charge in [-0.25, -0.2) is 9.38 Å². The van der Waals surface area contributed by atoms with Gasteiger partial charge in [0, 0.05) is 18.7 Å². The van der Waals surface area contributed by atoms with E-state index < -0.39 is 5.79 Å². The van der Waals surface area contributed by atoms with Crippen LogP contribution in [0.2, 0.25) is 0 Å². The number of halogens is 1. The molecule has 6 N–H and O–H groups in total. The molecule has 2 heterocycles. The van der Waals surface area contributed by atoms with Crippen LogP contribution in [-0.4, -0.2) is 19.0 Å². The van der Waals surface area contributed by atoms with Crippen molar-refractivity contribution < 1.29 is 4.39 Å². The smallest absolute Gasteiger partial charge is 0.209 e. The van der Waals surface area contributed by atoms with Gasteiger partial charge in [-0.15, -0.1) is 0 Å². The highest BCUT2D eigenvalue weighted by Gasteiger charge is 2.34. The van der Waals surface area contributed by atoms with E-state index in [-0.39, 0.29) is 11.8 Å². The van der Waals surface area contributed by atoms with Crippen molar-refractivity contribution >= 4 is 11.6 Å². The Hall–Kier alpha value is -1.86. The van der Waals surface area contributed by atoms with Crippen molar-refractivity contribution in [2.75, 3.05) is 18.0 Å². The number of nitrogens with one attached hydrogen (secondary N) is 2. The number of hydrazine groups is 1. The fraction of sp³-hybridized carbons (Fsp3) is 0.588. The van der Waals surface area contributed by atoms with Gasteiger partial charge in [0.15, 0.2) is 0 Å². The van der Waals surface area contributed by atoms with Gasteiger partial charge in [-0.3, -0.25) is 11.2 Å². The number of guanidine groups is 1. The number of benzene rings is 1. The van der Waals surface area contributed by atoms with Crippen molar-refractivity contribution in [1.29, 1.82) is 0 Å². The van der Waals surface area contributed by atoms with Crippen LogP contribution in [0.3, 0.4) is 0 Å². The summed E-state index contributed by atoms with van der Waals surface area (Å²) in [6, 6.07) is 5.09. The molecule has 1 unspecified atom stereocenters. The number of anilines is 1. The summed E-state index contributed by atoms with van der Waals surface area (Å²) in [6.45, 7) is 1.88. The van der Waals surface area contributed by atoms with E-state index in [1.54, 1.807) is 0 Å². The summed E-state index contributed by atoms with van der Waals surface area (Å²) in [5.74, 6) is 0.253. The third-order valence-corrected chi connectivity index (χ3v) is 5.70. The molecule has 2 aliphatic heterocycles. The lowest BCUT2D eigenvalue weighted by Gasteiger charge is -2.42. The van der Waals surface area contributed by atoms with Gasteiger partial charge in [0.1, 0.15) is 5.82 Å². The van der Waals surface area contributed by atoms with Crippen LogP contribution in [-0.2, 0) is 5.79 Å². The maximum absolute atomic E-state index is 14.8. The molecule has 0 spiro atoms. The predicted octanol–water partition coefficient (Wildman–Crippen LogP) is 1.33. The fourth-order valence-corrected chi connectivity index (χ4v) is 4.36. The van der Waals surface area contributed by atoms with E-state index in [2.05, 4.69) is 20.7 Å². The summed E-state index contributed by atoms with van der Waals surface area (Å²) < 4.78 is 14.8. The Balaban J connectivity index is 1.54. The molecule has 0 bridgehead atoms. The van der Waals surface area contributed by atoms with Gasteiger partial charge in [-0.2, -0.15) is 5.43 Å². The third-order valence-electron chi connectivity index (χ3n) is 5.70. The summed E-state index contributed by atoms with van der Waals surface area (Å²) in [4.78, 5) is 6.28. The van der Waals surface area contributed by atoms with Crippen LogP contribution in [0.25, 0.3) is 0 Å². The standard InChI is InChI=1S/C17H25FN6/c18-14-9-13(17(20)21-16(19)22-23-17)5-6-15(14)24-8-7-11-3-1-2-4-12(11)10-24/h5-6,9,11-12,23H,1-4,7-8,10,20H2,(H3,19,21,22)/t11-,12-,17?/m1/s1. The number of nitrogens with two attached hydrogens (primary N) is 2. The van der Waals surface area contributed by atoms with Crippen molar-refractivity contribution in [2.24, 2.45) is 28.3 Å². The highest BCUT2D eigenvalue weighted by atomic mass is 19.1. The average Bonchev–Trinajstić information content (AvgIpc) is 2.94. The molecule has 1 aromatic carbocycles. The van der Waals surface area contributed by atoms with Crippen molar-refractivity contribution in [3.8, 4) is 0 Å². The molecule has 7 heteroatoms. The van der Waals surface area contributed by atoms with E-state index in [1.165, 1.54) is 38.2 Å². The lowest BCUT2D eigenvalue weighted by Crippen LogP contribution is -2.50. The molecule has 6 nitrogen and oxygen atoms in total. The Morgan fingerprint density at radius 2 is 2.00 bits per heavy atom. The van der Waals surface area contributed by atoms with Crippen LogP contribution < -0.4 is 27.2 Å². The molecule has 0 aromatic heterocycles. The highest BCUT2D eigenvalue weighted by Crippen LogP contribution is 2.38. The molecule has 130 valence electrons. The summed E-state index contributed by atoms with van der Waals surface area (Å²) in [5, 5.41) is 0. The Morgan fingerprint density at radius 3 is 2.71 bits per heavy atom. The van der Waals surface area contributed by atoms with E-state index in [4.69, 9.17) is 11.5 Å². The predicted molar refractivity (Wildman–Crippen MR) is 92.4 cm³/mol. The van der Waals surface area contributed by atoms with Crippen LogP contribution in [0.4, 0.5) is 10.1 Å². The van der Waals surface area contributed by atoms with Crippen LogP contribution in [0.1, 0.15) is 37.7 Å². The number of fused-ring (bicyclic) bond motifs is 1. The van der Waals surface area contributed by atoms with E-state index in [0.717, 1.165) is 19.0 Å². The topological polar surface area (TPSA) is 91.7 Å². The van der Waals surface area contributed by atoms with Gasteiger partial charge in [0.25, 0.3) is 0 Å². The summed E-state index contributed by atoms with van der Waals surface area (Å²) in [7, 11) is 0. The maximum atomic E-state index is 14.8. The fourth-order valence-electron chi connectivity index (χ4n) is 4.36. The molecule has 1 aliphatic carbocycles. The van der Waals surface area contributed by atoms with Crippen LogP contribution in [0.5, 0.6) is 0 Å². The van der Waals surface area contributed by atoms with Crippen molar-refractivity contribution in [3.63, 3.8) is 0 Å². The molecule has 1 aromatic rings. The Bertz CT molecular complexity index is 662. The zero-order valence-corrected chi connectivity index (χ0v) is 13.8. The lowest BCUT2D eigenvalue weighted by atomic mass is 9.75. The Labute approximate surface area is 141 Å². The van der Waals surface area contributed by atoms with Gasteiger partial charge < -0.3 is 10.6 Å². The average molecular weight is 332 g/mol. The van der Waals surface area contributed by atoms with Crippen molar-refractivity contribution in [2.45, 2.75) is 37.9 Å². The molecular formula is C17H25FN6. The number of nitrogens with zero attached hydrogens (tertiary/aromatic N) is 2. The maximum Gasteiger partial charge on any atom is 0.209 e. The van der Waals surface area contributed by atoms with Gasteiger partial charge in [0.05, 0.1) is 5.69 Å². The molecule has 24 heavy (non-hydrogen) atoms. The lowest BCUT2D eigenvalue weighted by molar-refractivity contribution is 0.202. The van der Waals surface area contributed by atoms with Gasteiger partial charge in [-0.1, -0.05) is 25.3 Å². The minimum absolute atomic E-state index is 0.196. The first-order chi connectivity index (χ1) is 11.5. The van der Waals surface area contributed by atoms with E-state index in [1.807, 2.05) is 12.1 Å². The first-order valence-corrected chi connectivity index (χ1v) is 8.77. The minimum atomic E-state index is -1.22. The van der Waals surface area contributed by atoms with Crippen LogP contribution in [0.15, 0.2) is 23.2 Å². The van der Waals surface area contributed by atoms with Crippen LogP contribution >= 0.6 is 0 Å². The largest absolute Gasteiger partial charge is 0.369 e. The summed E-state index contributed by atoms with van der Waals surface area (Å²) in [6.07, 6.45) is 6.45. The number of aliphatic imine (C=N–C) groups is 1. The summed E-state index contributed by atoms with van der Waals surface area (Å²) >= 11 is 0. The first kappa shape index (κ1) is 15.7. The van der Waals surface area contributed by atoms with Crippen molar-refractivity contribution in [1.82, 2.24) is 10.9 Å². The Kier molecular flexibility index (Phi) is 3.85. The number of hydrogen-bond donors (Lipinski definition) is 4. The quantitative estimate of drug-likeness (QED) is 0.656. The molecular weight excluding hydrogens is 307 g/mol. The zero-order chi connectivity index (χ0) is 16.7. The minimum Gasteiger partial charge on any atom is -0.369 e. The number of piperidine rings is 1. The van der Waals surface area contributed by atoms with Gasteiger partial charge in [-0.05, 0) is 36.8 Å². The molecule has 3 atom stereocenters. The SMILES string of the molecule is NC1=NC(N)(c2ccc(N3CC[C@H]4CCCC[C@@H]4C3)c(F)c2)NN1. The van der Waals surface area contributed by atoms with Crippen molar-refractivity contribution in [3.05, 3.63) is 29.6 Å². The molecule has 2 fully saturated rings. The van der Waals surface area contributed by atoms with Gasteiger partial charge in [0.2, 0.25) is 11.7 Å². The Morgan fingerprint density at radius 1 is 1.21 bits per heavy atom. The molecule has 3 aliphatic rings. The van der Waals surface area contributed by atoms with E-state index >= 15 is 0 Å². The molecule has 1 saturated carbocycles. The van der Waals surface area contributed by atoms with Crippen LogP contribution in [0, 0.1) is 17.7 Å². The highest BCUT2D eigenvalue weighted by molar-refractivity contribution is 5.79. The second kappa shape index (κ2) is 5.89. The normalized spacial score (nSPS) is 32.9. The molecule has 1 saturated heterocycles. The molecule has 0 radical (unpaired) electrons. The third kappa shape index (κ3) is 2.71. The monoisotopic (exact) mass is 332 g/mol. The van der Waals surface area contributed by atoms with E-state index in [9.17, 15) is 4.39 Å².